The van der Waals surface area contributed by atoms with Gasteiger partial charge in [-0.2, -0.15) is 0 Å². The maximum Gasteiger partial charge on any atom is 0.295 e. The molecule has 1 N–H and O–H groups in total. The van der Waals surface area contributed by atoms with Crippen LogP contribution in [0.3, 0.4) is 0 Å². The number of ether oxygens (including phenoxy) is 2. The minimum Gasteiger partial charge on any atom is -0.507 e. The largest absolute Gasteiger partial charge is 0.507 e. The van der Waals surface area contributed by atoms with Crippen LogP contribution in [0.2, 0.25) is 0 Å². The highest BCUT2D eigenvalue weighted by molar-refractivity contribution is 6.46. The minimum atomic E-state index is -0.700. The SMILES string of the molecule is CCCOc1cccc(C2/C(=C(/O)c3ccc4c(c3)CC(C)O4)C(=O)C(=O)N2CCN(CC)CC)c1. The topological polar surface area (TPSA) is 79.3 Å². The van der Waals surface area contributed by atoms with Crippen molar-refractivity contribution in [1.82, 2.24) is 9.80 Å². The summed E-state index contributed by atoms with van der Waals surface area (Å²) in [4.78, 5) is 30.4. The van der Waals surface area contributed by atoms with E-state index in [1.807, 2.05) is 50.2 Å². The molecule has 2 aromatic carbocycles. The molecule has 2 atom stereocenters. The summed E-state index contributed by atoms with van der Waals surface area (Å²) in [6.07, 6.45) is 1.66. The number of carbonyl (C=O) groups excluding carboxylic acids is 2. The molecule has 2 aliphatic rings. The van der Waals surface area contributed by atoms with E-state index in [-0.39, 0.29) is 17.4 Å². The molecule has 4 rings (SSSR count). The lowest BCUT2D eigenvalue weighted by Gasteiger charge is -2.28. The van der Waals surface area contributed by atoms with Crippen molar-refractivity contribution < 1.29 is 24.2 Å². The first kappa shape index (κ1) is 25.8. The van der Waals surface area contributed by atoms with Crippen LogP contribution in [0.1, 0.15) is 56.8 Å². The smallest absolute Gasteiger partial charge is 0.295 e. The van der Waals surface area contributed by atoms with Gasteiger partial charge in [0.1, 0.15) is 23.4 Å². The summed E-state index contributed by atoms with van der Waals surface area (Å²) in [5.41, 5.74) is 2.34. The normalized spacial score (nSPS) is 20.6. The third kappa shape index (κ3) is 5.12. The molecule has 192 valence electrons. The Kier molecular flexibility index (Phi) is 7.99. The Labute approximate surface area is 213 Å². The Morgan fingerprint density at radius 1 is 1.14 bits per heavy atom. The lowest BCUT2D eigenvalue weighted by atomic mass is 9.94. The summed E-state index contributed by atoms with van der Waals surface area (Å²) >= 11 is 0. The summed E-state index contributed by atoms with van der Waals surface area (Å²) in [6.45, 7) is 11.5. The van der Waals surface area contributed by atoms with Crippen LogP contribution in [0.25, 0.3) is 5.76 Å². The van der Waals surface area contributed by atoms with E-state index in [2.05, 4.69) is 18.7 Å². The Hall–Kier alpha value is -3.32. The van der Waals surface area contributed by atoms with Gasteiger partial charge in [0, 0.05) is 25.1 Å². The molecule has 2 aromatic rings. The average molecular weight is 493 g/mol. The number of benzene rings is 2. The van der Waals surface area contributed by atoms with Crippen molar-refractivity contribution in [3.8, 4) is 11.5 Å². The predicted octanol–water partition coefficient (Wildman–Crippen LogP) is 4.56. The molecule has 0 saturated carbocycles. The van der Waals surface area contributed by atoms with Crippen LogP contribution in [-0.2, 0) is 16.0 Å². The van der Waals surface area contributed by atoms with E-state index >= 15 is 0 Å². The fourth-order valence-electron chi connectivity index (χ4n) is 4.97. The lowest BCUT2D eigenvalue weighted by molar-refractivity contribution is -0.140. The second-order valence-corrected chi connectivity index (χ2v) is 9.40. The van der Waals surface area contributed by atoms with Crippen molar-refractivity contribution in [1.29, 1.82) is 0 Å². The average Bonchev–Trinajstić information content (AvgIpc) is 3.38. The number of aliphatic hydroxyl groups is 1. The van der Waals surface area contributed by atoms with Crippen molar-refractivity contribution in [3.05, 3.63) is 64.7 Å². The van der Waals surface area contributed by atoms with Crippen molar-refractivity contribution in [2.24, 2.45) is 0 Å². The highest BCUT2D eigenvalue weighted by atomic mass is 16.5. The molecule has 2 unspecified atom stereocenters. The molecule has 0 spiro atoms. The molecule has 36 heavy (non-hydrogen) atoms. The monoisotopic (exact) mass is 492 g/mol. The third-order valence-corrected chi connectivity index (χ3v) is 6.91. The number of Topliss-reactive ketones (excluding diaryl/α,β-unsaturated/α-hetero) is 1. The van der Waals surface area contributed by atoms with Crippen LogP contribution in [0, 0.1) is 0 Å². The predicted molar refractivity (Wildman–Crippen MR) is 139 cm³/mol. The van der Waals surface area contributed by atoms with Gasteiger partial charge in [-0.05, 0) is 67.9 Å². The second-order valence-electron chi connectivity index (χ2n) is 9.40. The fourth-order valence-corrected chi connectivity index (χ4v) is 4.97. The second kappa shape index (κ2) is 11.2. The molecule has 7 heteroatoms. The van der Waals surface area contributed by atoms with E-state index < -0.39 is 17.7 Å². The van der Waals surface area contributed by atoms with Crippen LogP contribution in [0.15, 0.2) is 48.0 Å². The number of ketones is 1. The van der Waals surface area contributed by atoms with Crippen LogP contribution >= 0.6 is 0 Å². The molecule has 0 aliphatic carbocycles. The number of nitrogens with zero attached hydrogens (tertiary/aromatic N) is 2. The Bertz CT molecular complexity index is 1150. The number of carbonyl (C=O) groups is 2. The number of likely N-dealkylation sites (tertiary alicyclic amines) is 1. The number of hydrogen-bond donors (Lipinski definition) is 1. The van der Waals surface area contributed by atoms with E-state index in [1.165, 1.54) is 0 Å². The van der Waals surface area contributed by atoms with E-state index in [4.69, 9.17) is 9.47 Å². The van der Waals surface area contributed by atoms with Gasteiger partial charge in [0.25, 0.3) is 11.7 Å². The van der Waals surface area contributed by atoms with Gasteiger partial charge in [-0.15, -0.1) is 0 Å². The van der Waals surface area contributed by atoms with Gasteiger partial charge in [0.2, 0.25) is 0 Å². The van der Waals surface area contributed by atoms with Gasteiger partial charge in [0.15, 0.2) is 0 Å². The van der Waals surface area contributed by atoms with Crippen LogP contribution in [-0.4, -0.2) is 65.5 Å². The highest BCUT2D eigenvalue weighted by Crippen LogP contribution is 2.41. The van der Waals surface area contributed by atoms with Gasteiger partial charge in [-0.25, -0.2) is 0 Å². The summed E-state index contributed by atoms with van der Waals surface area (Å²) in [7, 11) is 0. The molecular formula is C29H36N2O5. The molecule has 1 saturated heterocycles. The number of aliphatic hydroxyl groups excluding tert-OH is 1. The Morgan fingerprint density at radius 3 is 2.64 bits per heavy atom. The van der Waals surface area contributed by atoms with Gasteiger partial charge >= 0.3 is 0 Å². The van der Waals surface area contributed by atoms with Gasteiger partial charge in [-0.1, -0.05) is 32.9 Å². The first-order valence-electron chi connectivity index (χ1n) is 12.9. The molecule has 0 radical (unpaired) electrons. The highest BCUT2D eigenvalue weighted by Gasteiger charge is 2.46. The molecule has 7 nitrogen and oxygen atoms in total. The van der Waals surface area contributed by atoms with E-state index in [9.17, 15) is 14.7 Å². The standard InChI is InChI=1S/C29H36N2O5/c1-5-15-35-23-10-8-9-20(18-23)26-25(28(33)29(34)31(26)14-13-30(6-2)7-3)27(32)21-11-12-24-22(17-21)16-19(4)36-24/h8-12,17-19,26,32H,5-7,13-16H2,1-4H3/b27-25-. The van der Waals surface area contributed by atoms with E-state index in [0.717, 1.165) is 42.8 Å². The minimum absolute atomic E-state index is 0.0638. The van der Waals surface area contributed by atoms with Crippen LogP contribution < -0.4 is 9.47 Å². The van der Waals surface area contributed by atoms with Crippen molar-refractivity contribution in [2.75, 3.05) is 32.8 Å². The molecule has 1 amide bonds. The number of hydrogen-bond acceptors (Lipinski definition) is 6. The zero-order chi connectivity index (χ0) is 25.8. The Morgan fingerprint density at radius 2 is 1.92 bits per heavy atom. The Balaban J connectivity index is 1.78. The summed E-state index contributed by atoms with van der Waals surface area (Å²) in [6, 6.07) is 12.2. The molecule has 2 heterocycles. The first-order valence-corrected chi connectivity index (χ1v) is 12.9. The van der Waals surface area contributed by atoms with E-state index in [0.29, 0.717) is 31.0 Å². The van der Waals surface area contributed by atoms with Crippen molar-refractivity contribution in [3.63, 3.8) is 0 Å². The fraction of sp³-hybridized carbons (Fsp3) is 0.448. The van der Waals surface area contributed by atoms with Crippen molar-refractivity contribution >= 4 is 17.4 Å². The number of fused-ring (bicyclic) bond motifs is 1. The van der Waals surface area contributed by atoms with Crippen LogP contribution in [0.4, 0.5) is 0 Å². The quantitative estimate of drug-likeness (QED) is 0.298. The molecule has 0 aromatic heterocycles. The van der Waals surface area contributed by atoms with Crippen molar-refractivity contribution in [2.45, 2.75) is 52.7 Å². The molecule has 1 fully saturated rings. The van der Waals surface area contributed by atoms with Gasteiger partial charge < -0.3 is 24.4 Å². The van der Waals surface area contributed by atoms with Gasteiger partial charge in [-0.3, -0.25) is 9.59 Å². The summed E-state index contributed by atoms with van der Waals surface area (Å²) in [5, 5.41) is 11.4. The number of amides is 1. The number of rotatable bonds is 10. The maximum absolute atomic E-state index is 13.4. The van der Waals surface area contributed by atoms with Gasteiger partial charge in [0.05, 0.1) is 18.2 Å². The lowest BCUT2D eigenvalue weighted by Crippen LogP contribution is -2.38. The third-order valence-electron chi connectivity index (χ3n) is 6.91. The summed E-state index contributed by atoms with van der Waals surface area (Å²) in [5.74, 6) is 0.0445. The zero-order valence-electron chi connectivity index (χ0n) is 21.6. The zero-order valence-corrected chi connectivity index (χ0v) is 21.6. The van der Waals surface area contributed by atoms with Crippen LogP contribution in [0.5, 0.6) is 11.5 Å². The van der Waals surface area contributed by atoms with E-state index in [1.54, 1.807) is 11.0 Å². The summed E-state index contributed by atoms with van der Waals surface area (Å²) < 4.78 is 11.6. The first-order chi connectivity index (χ1) is 17.4. The number of likely N-dealkylation sites (N-methyl/N-ethyl adjacent to an activating group) is 1. The molecule has 0 bridgehead atoms. The maximum atomic E-state index is 13.4. The molecular weight excluding hydrogens is 456 g/mol. The molecule has 2 aliphatic heterocycles.